The molecular formula is C11H10F3NO2. The van der Waals surface area contributed by atoms with E-state index in [-0.39, 0.29) is 12.3 Å². The van der Waals surface area contributed by atoms with Crippen LogP contribution in [0.3, 0.4) is 0 Å². The average Bonchev–Trinajstić information content (AvgIpc) is 2.21. The van der Waals surface area contributed by atoms with Gasteiger partial charge < -0.3 is 15.6 Å². The number of hydrogen-bond acceptors (Lipinski definition) is 3. The maximum absolute atomic E-state index is 11.9. The summed E-state index contributed by atoms with van der Waals surface area (Å²) in [5.74, 6) is 4.82. The van der Waals surface area contributed by atoms with Crippen molar-refractivity contribution in [2.75, 3.05) is 12.3 Å². The van der Waals surface area contributed by atoms with Gasteiger partial charge in [0.05, 0.1) is 12.3 Å². The van der Waals surface area contributed by atoms with E-state index in [1.165, 1.54) is 12.1 Å². The van der Waals surface area contributed by atoms with Gasteiger partial charge in [0.25, 0.3) is 0 Å². The first-order valence-corrected chi connectivity index (χ1v) is 4.67. The number of hydrogen-bond donors (Lipinski definition) is 2. The number of alkyl halides is 3. The molecule has 17 heavy (non-hydrogen) atoms. The number of benzene rings is 1. The van der Waals surface area contributed by atoms with Gasteiger partial charge in [-0.2, -0.15) is 0 Å². The van der Waals surface area contributed by atoms with E-state index in [0.717, 1.165) is 6.07 Å². The topological polar surface area (TPSA) is 55.5 Å². The Morgan fingerprint density at radius 1 is 1.35 bits per heavy atom. The molecule has 3 N–H and O–H groups in total. The largest absolute Gasteiger partial charge is 0.573 e. The predicted octanol–water partition coefficient (Wildman–Crippen LogP) is 1.90. The number of halogens is 3. The van der Waals surface area contributed by atoms with Gasteiger partial charge in [0.1, 0.15) is 0 Å². The van der Waals surface area contributed by atoms with E-state index in [2.05, 4.69) is 16.6 Å². The van der Waals surface area contributed by atoms with Crippen molar-refractivity contribution in [2.24, 2.45) is 0 Å². The number of aliphatic hydroxyl groups is 1. The van der Waals surface area contributed by atoms with Gasteiger partial charge >= 0.3 is 6.36 Å². The molecular weight excluding hydrogens is 235 g/mol. The number of ether oxygens (including phenoxy) is 1. The van der Waals surface area contributed by atoms with E-state index in [1.807, 2.05) is 0 Å². The number of nitrogens with two attached hydrogens (primary N) is 1. The first-order chi connectivity index (χ1) is 7.92. The van der Waals surface area contributed by atoms with Gasteiger partial charge in [-0.05, 0) is 18.2 Å². The lowest BCUT2D eigenvalue weighted by molar-refractivity contribution is -0.274. The average molecular weight is 245 g/mol. The molecule has 6 heteroatoms. The number of rotatable bonds is 2. The van der Waals surface area contributed by atoms with Crippen molar-refractivity contribution in [3.05, 3.63) is 23.8 Å². The van der Waals surface area contributed by atoms with Crippen molar-refractivity contribution < 1.29 is 23.0 Å². The molecule has 0 spiro atoms. The Bertz CT molecular complexity index is 446. The van der Waals surface area contributed by atoms with Crippen LogP contribution in [0.4, 0.5) is 18.9 Å². The lowest BCUT2D eigenvalue weighted by Crippen LogP contribution is -2.18. The van der Waals surface area contributed by atoms with E-state index >= 15 is 0 Å². The molecule has 0 bridgehead atoms. The zero-order chi connectivity index (χ0) is 12.9. The second-order valence-electron chi connectivity index (χ2n) is 3.08. The first kappa shape index (κ1) is 13.2. The van der Waals surface area contributed by atoms with Crippen molar-refractivity contribution in [1.29, 1.82) is 0 Å². The zero-order valence-electron chi connectivity index (χ0n) is 8.71. The second kappa shape index (κ2) is 5.46. The summed E-state index contributed by atoms with van der Waals surface area (Å²) in [5.41, 5.74) is 5.71. The van der Waals surface area contributed by atoms with Crippen LogP contribution in [0, 0.1) is 11.8 Å². The summed E-state index contributed by atoms with van der Waals surface area (Å²) in [7, 11) is 0. The van der Waals surface area contributed by atoms with Crippen LogP contribution in [-0.2, 0) is 0 Å². The standard InChI is InChI=1S/C11H10F3NO2/c12-11(13,14)17-10-5-4-8(7-9(10)15)3-1-2-6-16/h4-5,7,16H,2,6,15H2. The first-order valence-electron chi connectivity index (χ1n) is 4.67. The van der Waals surface area contributed by atoms with Gasteiger partial charge in [-0.3, -0.25) is 0 Å². The summed E-state index contributed by atoms with van der Waals surface area (Å²) in [6.45, 7) is -0.0717. The summed E-state index contributed by atoms with van der Waals surface area (Å²) < 4.78 is 39.5. The lowest BCUT2D eigenvalue weighted by atomic mass is 10.2. The monoisotopic (exact) mass is 245 g/mol. The molecule has 0 aliphatic rings. The molecule has 0 heterocycles. The summed E-state index contributed by atoms with van der Waals surface area (Å²) in [4.78, 5) is 0. The molecule has 0 fully saturated rings. The predicted molar refractivity (Wildman–Crippen MR) is 56.1 cm³/mol. The van der Waals surface area contributed by atoms with Crippen molar-refractivity contribution in [3.63, 3.8) is 0 Å². The number of aliphatic hydroxyl groups excluding tert-OH is 1. The van der Waals surface area contributed by atoms with Gasteiger partial charge in [0.2, 0.25) is 0 Å². The Balaban J connectivity index is 2.84. The van der Waals surface area contributed by atoms with Crippen LogP contribution in [-0.4, -0.2) is 18.1 Å². The fourth-order valence-corrected chi connectivity index (χ4v) is 1.06. The minimum atomic E-state index is -4.77. The highest BCUT2D eigenvalue weighted by Gasteiger charge is 2.31. The molecule has 0 radical (unpaired) electrons. The lowest BCUT2D eigenvalue weighted by Gasteiger charge is -2.10. The summed E-state index contributed by atoms with van der Waals surface area (Å²) in [6.07, 6.45) is -4.47. The third-order valence-corrected chi connectivity index (χ3v) is 1.71. The zero-order valence-corrected chi connectivity index (χ0v) is 8.71. The third kappa shape index (κ3) is 4.66. The van der Waals surface area contributed by atoms with E-state index in [1.54, 1.807) is 0 Å². The highest BCUT2D eigenvalue weighted by Crippen LogP contribution is 2.28. The molecule has 0 saturated carbocycles. The van der Waals surface area contributed by atoms with E-state index < -0.39 is 12.1 Å². The maximum Gasteiger partial charge on any atom is 0.573 e. The van der Waals surface area contributed by atoms with Gasteiger partial charge in [0.15, 0.2) is 5.75 Å². The van der Waals surface area contributed by atoms with Crippen LogP contribution in [0.15, 0.2) is 18.2 Å². The molecule has 1 aromatic carbocycles. The third-order valence-electron chi connectivity index (χ3n) is 1.71. The van der Waals surface area contributed by atoms with Crippen LogP contribution in [0.5, 0.6) is 5.75 Å². The van der Waals surface area contributed by atoms with Crippen molar-refractivity contribution in [2.45, 2.75) is 12.8 Å². The van der Waals surface area contributed by atoms with Crippen molar-refractivity contribution in [3.8, 4) is 17.6 Å². The number of anilines is 1. The van der Waals surface area contributed by atoms with Crippen LogP contribution in [0.25, 0.3) is 0 Å². The molecule has 92 valence electrons. The fraction of sp³-hybridized carbons (Fsp3) is 0.273. The highest BCUT2D eigenvalue weighted by atomic mass is 19.4. The van der Waals surface area contributed by atoms with Gasteiger partial charge in [0, 0.05) is 12.0 Å². The molecule has 1 rings (SSSR count). The summed E-state index contributed by atoms with van der Waals surface area (Å²) in [6, 6.07) is 3.75. The molecule has 0 aliphatic carbocycles. The van der Waals surface area contributed by atoms with Crippen LogP contribution in [0.2, 0.25) is 0 Å². The van der Waals surface area contributed by atoms with Gasteiger partial charge in [-0.25, -0.2) is 0 Å². The molecule has 0 amide bonds. The molecule has 0 unspecified atom stereocenters. The smallest absolute Gasteiger partial charge is 0.404 e. The minimum absolute atomic E-state index is 0.0717. The van der Waals surface area contributed by atoms with E-state index in [4.69, 9.17) is 10.8 Å². The van der Waals surface area contributed by atoms with Gasteiger partial charge in [-0.15, -0.1) is 13.2 Å². The Morgan fingerprint density at radius 3 is 2.59 bits per heavy atom. The molecule has 3 nitrogen and oxygen atoms in total. The Kier molecular flexibility index (Phi) is 4.24. The second-order valence-corrected chi connectivity index (χ2v) is 3.08. The maximum atomic E-state index is 11.9. The van der Waals surface area contributed by atoms with E-state index in [9.17, 15) is 13.2 Å². The van der Waals surface area contributed by atoms with Crippen LogP contribution < -0.4 is 10.5 Å². The SMILES string of the molecule is Nc1cc(C#CCCO)ccc1OC(F)(F)F. The number of nitrogen functional groups attached to an aromatic ring is 1. The van der Waals surface area contributed by atoms with E-state index in [0.29, 0.717) is 12.0 Å². The molecule has 0 aromatic heterocycles. The van der Waals surface area contributed by atoms with Crippen LogP contribution in [0.1, 0.15) is 12.0 Å². The summed E-state index contributed by atoms with van der Waals surface area (Å²) in [5, 5.41) is 8.50. The minimum Gasteiger partial charge on any atom is -0.404 e. The Hall–Kier alpha value is -1.87. The molecule has 0 saturated heterocycles. The normalized spacial score (nSPS) is 10.6. The Labute approximate surface area is 96.0 Å². The van der Waals surface area contributed by atoms with Gasteiger partial charge in [-0.1, -0.05) is 11.8 Å². The summed E-state index contributed by atoms with van der Waals surface area (Å²) >= 11 is 0. The Morgan fingerprint density at radius 2 is 2.06 bits per heavy atom. The molecule has 1 aromatic rings. The quantitative estimate of drug-likeness (QED) is 0.618. The molecule has 0 aliphatic heterocycles. The van der Waals surface area contributed by atoms with Crippen molar-refractivity contribution in [1.82, 2.24) is 0 Å². The molecule has 0 atom stereocenters. The fourth-order valence-electron chi connectivity index (χ4n) is 1.06. The highest BCUT2D eigenvalue weighted by molar-refractivity contribution is 5.57. The van der Waals surface area contributed by atoms with Crippen LogP contribution >= 0.6 is 0 Å². The van der Waals surface area contributed by atoms with Crippen molar-refractivity contribution >= 4 is 5.69 Å².